The van der Waals surface area contributed by atoms with Gasteiger partial charge in [0, 0.05) is 29.7 Å². The number of hydrogen-bond donors (Lipinski definition) is 3. The second-order valence-corrected chi connectivity index (χ2v) is 6.49. The lowest BCUT2D eigenvalue weighted by Gasteiger charge is -2.10. The lowest BCUT2D eigenvalue weighted by Crippen LogP contribution is -2.37. The summed E-state index contributed by atoms with van der Waals surface area (Å²) in [4.78, 5) is 3.30. The Morgan fingerprint density at radius 1 is 1.04 bits per heavy atom. The first-order valence-electron chi connectivity index (χ1n) is 8.46. The highest BCUT2D eigenvalue weighted by Gasteiger charge is 2.09. The molecule has 0 unspecified atom stereocenters. The van der Waals surface area contributed by atoms with Crippen LogP contribution in [0.25, 0.3) is 10.9 Å². The molecule has 0 aliphatic heterocycles. The maximum Gasteiger partial charge on any atom is 0.166 e. The molecule has 0 atom stereocenters. The van der Waals surface area contributed by atoms with Crippen LogP contribution in [-0.4, -0.2) is 23.2 Å². The molecule has 0 fully saturated rings. The fraction of sp³-hybridized carbons (Fsp3) is 0.250. The van der Waals surface area contributed by atoms with E-state index in [-0.39, 0.29) is 5.82 Å². The highest BCUT2D eigenvalue weighted by Crippen LogP contribution is 2.23. The van der Waals surface area contributed by atoms with Crippen LogP contribution in [0.5, 0.6) is 0 Å². The molecule has 5 heteroatoms. The number of halogens is 1. The molecule has 3 N–H and O–H groups in total. The van der Waals surface area contributed by atoms with Gasteiger partial charge in [0.1, 0.15) is 5.82 Å². The SMILES string of the molecule is Cc1[nH]c2ccc(F)cc2c1CCNC(=S)NCCc1ccccc1. The van der Waals surface area contributed by atoms with E-state index in [2.05, 4.69) is 27.8 Å². The molecule has 0 saturated heterocycles. The van der Waals surface area contributed by atoms with Crippen molar-refractivity contribution in [3.63, 3.8) is 0 Å². The fourth-order valence-electron chi connectivity index (χ4n) is 3.01. The molecule has 0 aliphatic rings. The molecule has 0 spiro atoms. The largest absolute Gasteiger partial charge is 0.362 e. The Morgan fingerprint density at radius 2 is 1.76 bits per heavy atom. The van der Waals surface area contributed by atoms with Gasteiger partial charge in [-0.25, -0.2) is 4.39 Å². The second kappa shape index (κ2) is 8.12. The number of aromatic amines is 1. The minimum absolute atomic E-state index is 0.209. The van der Waals surface area contributed by atoms with Crippen molar-refractivity contribution in [2.45, 2.75) is 19.8 Å². The smallest absolute Gasteiger partial charge is 0.166 e. The van der Waals surface area contributed by atoms with Crippen molar-refractivity contribution in [1.29, 1.82) is 0 Å². The van der Waals surface area contributed by atoms with Gasteiger partial charge in [0.25, 0.3) is 0 Å². The molecule has 0 saturated carbocycles. The number of benzene rings is 2. The van der Waals surface area contributed by atoms with E-state index in [1.54, 1.807) is 12.1 Å². The van der Waals surface area contributed by atoms with Crippen LogP contribution in [0.1, 0.15) is 16.8 Å². The Bertz CT molecular complexity index is 858. The van der Waals surface area contributed by atoms with Crippen LogP contribution in [0.3, 0.4) is 0 Å². The summed E-state index contributed by atoms with van der Waals surface area (Å²) in [5.41, 5.74) is 4.46. The Kier molecular flexibility index (Phi) is 5.66. The van der Waals surface area contributed by atoms with Crippen LogP contribution in [0, 0.1) is 12.7 Å². The van der Waals surface area contributed by atoms with Crippen LogP contribution >= 0.6 is 12.2 Å². The van der Waals surface area contributed by atoms with Crippen LogP contribution in [0.15, 0.2) is 48.5 Å². The van der Waals surface area contributed by atoms with Crippen molar-refractivity contribution in [2.24, 2.45) is 0 Å². The summed E-state index contributed by atoms with van der Waals surface area (Å²) in [7, 11) is 0. The third-order valence-corrected chi connectivity index (χ3v) is 4.57. The van der Waals surface area contributed by atoms with Gasteiger partial charge in [0.2, 0.25) is 0 Å². The minimum Gasteiger partial charge on any atom is -0.362 e. The van der Waals surface area contributed by atoms with Crippen LogP contribution in [-0.2, 0) is 12.8 Å². The number of hydrogen-bond acceptors (Lipinski definition) is 1. The lowest BCUT2D eigenvalue weighted by atomic mass is 10.1. The van der Waals surface area contributed by atoms with Crippen molar-refractivity contribution in [3.05, 3.63) is 71.2 Å². The zero-order chi connectivity index (χ0) is 17.6. The van der Waals surface area contributed by atoms with E-state index < -0.39 is 0 Å². The van der Waals surface area contributed by atoms with E-state index in [0.717, 1.165) is 41.5 Å². The monoisotopic (exact) mass is 355 g/mol. The molecule has 1 heterocycles. The number of aryl methyl sites for hydroxylation is 1. The van der Waals surface area contributed by atoms with Gasteiger partial charge < -0.3 is 15.6 Å². The summed E-state index contributed by atoms with van der Waals surface area (Å²) in [5, 5.41) is 8.05. The molecule has 1 aromatic heterocycles. The van der Waals surface area contributed by atoms with E-state index in [9.17, 15) is 4.39 Å². The number of rotatable bonds is 6. The summed E-state index contributed by atoms with van der Waals surface area (Å²) in [6.45, 7) is 3.53. The molecular weight excluding hydrogens is 333 g/mol. The standard InChI is InChI=1S/C20H22FN3S/c1-14-17(18-13-16(21)7-8-19(18)24-14)10-12-23-20(25)22-11-9-15-5-3-2-4-6-15/h2-8,13,24H,9-12H2,1H3,(H2,22,23,25). The summed E-state index contributed by atoms with van der Waals surface area (Å²) in [5.74, 6) is -0.209. The first-order valence-corrected chi connectivity index (χ1v) is 8.86. The van der Waals surface area contributed by atoms with Gasteiger partial charge in [-0.15, -0.1) is 0 Å². The second-order valence-electron chi connectivity index (χ2n) is 6.09. The molecule has 3 aromatic rings. The predicted octanol–water partition coefficient (Wildman–Crippen LogP) is 3.86. The number of H-pyrrole nitrogens is 1. The molecule has 2 aromatic carbocycles. The van der Waals surface area contributed by atoms with E-state index in [1.807, 2.05) is 25.1 Å². The van der Waals surface area contributed by atoms with Gasteiger partial charge >= 0.3 is 0 Å². The van der Waals surface area contributed by atoms with Gasteiger partial charge in [-0.1, -0.05) is 30.3 Å². The molecule has 0 bridgehead atoms. The zero-order valence-electron chi connectivity index (χ0n) is 14.2. The third-order valence-electron chi connectivity index (χ3n) is 4.28. The summed E-state index contributed by atoms with van der Waals surface area (Å²) in [6.07, 6.45) is 1.72. The van der Waals surface area contributed by atoms with E-state index in [4.69, 9.17) is 12.2 Å². The zero-order valence-corrected chi connectivity index (χ0v) is 15.0. The van der Waals surface area contributed by atoms with Crippen molar-refractivity contribution in [3.8, 4) is 0 Å². The number of fused-ring (bicyclic) bond motifs is 1. The Hall–Kier alpha value is -2.40. The van der Waals surface area contributed by atoms with Gasteiger partial charge in [-0.3, -0.25) is 0 Å². The molecular formula is C20H22FN3S. The fourth-order valence-corrected chi connectivity index (χ4v) is 3.21. The lowest BCUT2D eigenvalue weighted by molar-refractivity contribution is 0.629. The third kappa shape index (κ3) is 4.57. The molecule has 25 heavy (non-hydrogen) atoms. The molecule has 3 nitrogen and oxygen atoms in total. The van der Waals surface area contributed by atoms with Crippen molar-refractivity contribution in [2.75, 3.05) is 13.1 Å². The molecule has 130 valence electrons. The maximum atomic E-state index is 13.5. The van der Waals surface area contributed by atoms with Crippen molar-refractivity contribution < 1.29 is 4.39 Å². The number of nitrogens with one attached hydrogen (secondary N) is 3. The Labute approximate surface area is 152 Å². The maximum absolute atomic E-state index is 13.5. The van der Waals surface area contributed by atoms with Crippen LogP contribution < -0.4 is 10.6 Å². The molecule has 0 aliphatic carbocycles. The summed E-state index contributed by atoms with van der Waals surface area (Å²) >= 11 is 5.32. The van der Waals surface area contributed by atoms with E-state index in [1.165, 1.54) is 11.6 Å². The molecule has 0 amide bonds. The Balaban J connectivity index is 1.47. The van der Waals surface area contributed by atoms with Crippen molar-refractivity contribution >= 4 is 28.2 Å². The average molecular weight is 355 g/mol. The van der Waals surface area contributed by atoms with Gasteiger partial charge in [-0.2, -0.15) is 0 Å². The van der Waals surface area contributed by atoms with Gasteiger partial charge in [0.05, 0.1) is 0 Å². The molecule has 3 rings (SSSR count). The van der Waals surface area contributed by atoms with Gasteiger partial charge in [-0.05, 0) is 61.3 Å². The quantitative estimate of drug-likeness (QED) is 0.588. The summed E-state index contributed by atoms with van der Waals surface area (Å²) in [6, 6.07) is 15.2. The molecule has 0 radical (unpaired) electrons. The first kappa shape index (κ1) is 17.4. The minimum atomic E-state index is -0.209. The van der Waals surface area contributed by atoms with E-state index in [0.29, 0.717) is 11.7 Å². The first-order chi connectivity index (χ1) is 12.1. The highest BCUT2D eigenvalue weighted by molar-refractivity contribution is 7.80. The predicted molar refractivity (Wildman–Crippen MR) is 105 cm³/mol. The topological polar surface area (TPSA) is 39.9 Å². The van der Waals surface area contributed by atoms with Crippen LogP contribution in [0.4, 0.5) is 4.39 Å². The normalized spacial score (nSPS) is 10.8. The Morgan fingerprint density at radius 3 is 2.52 bits per heavy atom. The average Bonchev–Trinajstić information content (AvgIpc) is 2.91. The van der Waals surface area contributed by atoms with Gasteiger partial charge in [0.15, 0.2) is 5.11 Å². The van der Waals surface area contributed by atoms with Crippen LogP contribution in [0.2, 0.25) is 0 Å². The number of aromatic nitrogens is 1. The number of thiocarbonyl (C=S) groups is 1. The van der Waals surface area contributed by atoms with E-state index >= 15 is 0 Å². The highest BCUT2D eigenvalue weighted by atomic mass is 32.1. The summed E-state index contributed by atoms with van der Waals surface area (Å²) < 4.78 is 13.5. The van der Waals surface area contributed by atoms with Crippen molar-refractivity contribution in [1.82, 2.24) is 15.6 Å².